The molecule has 27 heavy (non-hydrogen) atoms. The third kappa shape index (κ3) is 2.78. The summed E-state index contributed by atoms with van der Waals surface area (Å²) in [5.41, 5.74) is -0.224. The number of rotatable bonds is 4. The number of hydrogen-bond acceptors (Lipinski definition) is 5. The summed E-state index contributed by atoms with van der Waals surface area (Å²) in [5.74, 6) is 0.822. The molecule has 0 radical (unpaired) electrons. The second kappa shape index (κ2) is 5.74. The lowest BCUT2D eigenvalue weighted by Gasteiger charge is -2.62. The van der Waals surface area contributed by atoms with Crippen LogP contribution in [-0.2, 0) is 10.2 Å². The minimum absolute atomic E-state index is 0.0621. The molecule has 4 aliphatic rings. The van der Waals surface area contributed by atoms with Crippen LogP contribution >= 0.6 is 0 Å². The van der Waals surface area contributed by atoms with Crippen LogP contribution < -0.4 is 5.32 Å². The Kier molecular flexibility index (Phi) is 3.80. The van der Waals surface area contributed by atoms with Gasteiger partial charge in [-0.3, -0.25) is 25.0 Å². The molecule has 1 aromatic rings. The van der Waals surface area contributed by atoms with Gasteiger partial charge < -0.3 is 5.32 Å². The molecule has 4 fully saturated rings. The highest BCUT2D eigenvalue weighted by Gasteiger charge is 2.59. The highest BCUT2D eigenvalue weighted by molar-refractivity contribution is 5.74. The van der Waals surface area contributed by atoms with Crippen LogP contribution in [-0.4, -0.2) is 21.3 Å². The zero-order chi connectivity index (χ0) is 19.6. The molecule has 0 spiro atoms. The number of amides is 1. The SMILES string of the molecule is CC(=O)NC12CC3CC(C1)CC(c1cc([N+](=O)[O-])c(C)c([N+](=O)[O-])c1)(C3)C2. The number of nitrogens with one attached hydrogen (secondary N) is 1. The Bertz CT molecular complexity index is 816. The number of benzene rings is 1. The Labute approximate surface area is 156 Å². The average Bonchev–Trinajstić information content (AvgIpc) is 2.51. The van der Waals surface area contributed by atoms with Crippen LogP contribution in [0.1, 0.15) is 56.6 Å². The van der Waals surface area contributed by atoms with Crippen LogP contribution in [0.15, 0.2) is 12.1 Å². The molecule has 1 aromatic carbocycles. The van der Waals surface area contributed by atoms with Crippen molar-refractivity contribution in [2.75, 3.05) is 0 Å². The van der Waals surface area contributed by atoms with E-state index < -0.39 is 9.85 Å². The number of nitrogens with zero attached hydrogens (tertiary/aromatic N) is 2. The lowest BCUT2D eigenvalue weighted by Crippen LogP contribution is -2.64. The third-order valence-electron chi connectivity index (χ3n) is 6.86. The first-order valence-electron chi connectivity index (χ1n) is 9.36. The summed E-state index contributed by atoms with van der Waals surface area (Å²) in [4.78, 5) is 33.8. The minimum Gasteiger partial charge on any atom is -0.351 e. The van der Waals surface area contributed by atoms with E-state index in [1.807, 2.05) is 0 Å². The van der Waals surface area contributed by atoms with E-state index in [1.54, 1.807) is 0 Å². The molecule has 0 aliphatic heterocycles. The molecule has 0 heterocycles. The Balaban J connectivity index is 1.84. The molecule has 4 saturated carbocycles. The van der Waals surface area contributed by atoms with Crippen LogP contribution in [0.3, 0.4) is 0 Å². The first kappa shape index (κ1) is 17.9. The molecule has 0 saturated heterocycles. The zero-order valence-electron chi connectivity index (χ0n) is 15.5. The van der Waals surface area contributed by atoms with Crippen molar-refractivity contribution in [3.63, 3.8) is 0 Å². The Morgan fingerprint density at radius 2 is 1.59 bits per heavy atom. The maximum absolute atomic E-state index is 11.8. The van der Waals surface area contributed by atoms with Crippen molar-refractivity contribution in [3.8, 4) is 0 Å². The fraction of sp³-hybridized carbons (Fsp3) is 0.632. The average molecular weight is 373 g/mol. The van der Waals surface area contributed by atoms with Gasteiger partial charge >= 0.3 is 0 Å². The molecule has 4 bridgehead atoms. The molecular formula is C19H23N3O5. The van der Waals surface area contributed by atoms with Gasteiger partial charge in [0.15, 0.2) is 0 Å². The molecule has 1 amide bonds. The second-order valence-electron chi connectivity index (χ2n) is 8.86. The van der Waals surface area contributed by atoms with Gasteiger partial charge in [-0.1, -0.05) is 0 Å². The molecule has 8 heteroatoms. The summed E-state index contributed by atoms with van der Waals surface area (Å²) >= 11 is 0. The van der Waals surface area contributed by atoms with Crippen molar-refractivity contribution in [1.82, 2.24) is 5.32 Å². The van der Waals surface area contributed by atoms with Gasteiger partial charge in [-0.05, 0) is 68.3 Å². The standard InChI is InChI=1S/C19H23N3O5/c1-11-16(21(24)25)4-15(5-17(11)22(26)27)18-6-13-3-14(7-18)9-19(8-13,10-18)20-12(2)23/h4-5,13-14H,3,6-10H2,1-2H3,(H,20,23). The maximum Gasteiger partial charge on any atom is 0.279 e. The van der Waals surface area contributed by atoms with Crippen molar-refractivity contribution in [2.24, 2.45) is 11.8 Å². The van der Waals surface area contributed by atoms with Crippen LogP contribution in [0.5, 0.6) is 0 Å². The number of carbonyl (C=O) groups is 1. The van der Waals surface area contributed by atoms with E-state index in [9.17, 15) is 25.0 Å². The molecule has 1 N–H and O–H groups in total. The number of carbonyl (C=O) groups excluding carboxylic acids is 1. The molecule has 2 atom stereocenters. The maximum atomic E-state index is 11.8. The van der Waals surface area contributed by atoms with Crippen LogP contribution in [0, 0.1) is 39.0 Å². The van der Waals surface area contributed by atoms with E-state index in [0.29, 0.717) is 23.8 Å². The molecule has 5 rings (SSSR count). The van der Waals surface area contributed by atoms with E-state index in [4.69, 9.17) is 0 Å². The third-order valence-corrected chi connectivity index (χ3v) is 6.86. The van der Waals surface area contributed by atoms with Gasteiger partial charge in [0.2, 0.25) is 5.91 Å². The molecular weight excluding hydrogens is 350 g/mol. The number of hydrogen-bond donors (Lipinski definition) is 1. The van der Waals surface area contributed by atoms with Crippen molar-refractivity contribution in [1.29, 1.82) is 0 Å². The van der Waals surface area contributed by atoms with Crippen molar-refractivity contribution in [3.05, 3.63) is 43.5 Å². The largest absolute Gasteiger partial charge is 0.351 e. The molecule has 4 aliphatic carbocycles. The van der Waals surface area contributed by atoms with E-state index in [0.717, 1.165) is 32.1 Å². The van der Waals surface area contributed by atoms with Gasteiger partial charge in [0, 0.05) is 24.6 Å². The first-order valence-corrected chi connectivity index (χ1v) is 9.36. The van der Waals surface area contributed by atoms with Gasteiger partial charge in [-0.2, -0.15) is 0 Å². The Hall–Kier alpha value is -2.51. The van der Waals surface area contributed by atoms with Crippen molar-refractivity contribution in [2.45, 2.75) is 63.3 Å². The fourth-order valence-electron chi connectivity index (χ4n) is 6.49. The van der Waals surface area contributed by atoms with Gasteiger partial charge in [-0.15, -0.1) is 0 Å². The molecule has 0 aromatic heterocycles. The van der Waals surface area contributed by atoms with Crippen LogP contribution in [0.25, 0.3) is 0 Å². The minimum atomic E-state index is -0.532. The first-order chi connectivity index (χ1) is 12.6. The lowest BCUT2D eigenvalue weighted by atomic mass is 9.45. The summed E-state index contributed by atoms with van der Waals surface area (Å²) in [6.45, 7) is 2.95. The summed E-state index contributed by atoms with van der Waals surface area (Å²) in [5, 5.41) is 26.2. The monoisotopic (exact) mass is 373 g/mol. The highest BCUT2D eigenvalue weighted by atomic mass is 16.6. The van der Waals surface area contributed by atoms with Crippen LogP contribution in [0.4, 0.5) is 11.4 Å². The quantitative estimate of drug-likeness (QED) is 0.640. The second-order valence-corrected chi connectivity index (χ2v) is 8.86. The van der Waals surface area contributed by atoms with E-state index >= 15 is 0 Å². The van der Waals surface area contributed by atoms with E-state index in [-0.39, 0.29) is 33.8 Å². The highest BCUT2D eigenvalue weighted by Crippen LogP contribution is 2.62. The summed E-state index contributed by atoms with van der Waals surface area (Å²) in [7, 11) is 0. The van der Waals surface area contributed by atoms with Crippen molar-refractivity contribution < 1.29 is 14.6 Å². The fourth-order valence-corrected chi connectivity index (χ4v) is 6.49. The predicted octanol–water partition coefficient (Wildman–Crippen LogP) is 3.54. The van der Waals surface area contributed by atoms with Gasteiger partial charge in [0.05, 0.1) is 9.85 Å². The van der Waals surface area contributed by atoms with E-state index in [1.165, 1.54) is 26.0 Å². The van der Waals surface area contributed by atoms with Crippen LogP contribution in [0.2, 0.25) is 0 Å². The molecule has 2 unspecified atom stereocenters. The van der Waals surface area contributed by atoms with Gasteiger partial charge in [-0.25, -0.2) is 0 Å². The van der Waals surface area contributed by atoms with Crippen molar-refractivity contribution >= 4 is 17.3 Å². The zero-order valence-corrected chi connectivity index (χ0v) is 15.5. The Morgan fingerprint density at radius 1 is 1.07 bits per heavy atom. The summed E-state index contributed by atoms with van der Waals surface area (Å²) < 4.78 is 0. The Morgan fingerprint density at radius 3 is 2.04 bits per heavy atom. The summed E-state index contributed by atoms with van der Waals surface area (Å²) in [6.07, 6.45) is 5.43. The van der Waals surface area contributed by atoms with Gasteiger partial charge in [0.1, 0.15) is 5.56 Å². The normalized spacial score (nSPS) is 33.7. The summed E-state index contributed by atoms with van der Waals surface area (Å²) in [6, 6.07) is 3.08. The molecule has 8 nitrogen and oxygen atoms in total. The lowest BCUT2D eigenvalue weighted by molar-refractivity contribution is -0.395. The smallest absolute Gasteiger partial charge is 0.279 e. The topological polar surface area (TPSA) is 115 Å². The predicted molar refractivity (Wildman–Crippen MR) is 97.4 cm³/mol. The number of nitro benzene ring substituents is 2. The van der Waals surface area contributed by atoms with E-state index in [2.05, 4.69) is 5.32 Å². The number of nitro groups is 2. The van der Waals surface area contributed by atoms with Gasteiger partial charge in [0.25, 0.3) is 11.4 Å². The molecule has 144 valence electrons.